The molecule has 82 valence electrons. The Labute approximate surface area is 88.3 Å². The second kappa shape index (κ2) is 4.44. The van der Waals surface area contributed by atoms with E-state index in [1.165, 1.54) is 0 Å². The summed E-state index contributed by atoms with van der Waals surface area (Å²) in [7, 11) is 0. The topological polar surface area (TPSA) is 58.4 Å². The lowest BCUT2D eigenvalue weighted by Gasteiger charge is -2.35. The SMILES string of the molecule is O=C(CCCn1ccnc1)N1CC(O)C1. The van der Waals surface area contributed by atoms with Crippen molar-refractivity contribution < 1.29 is 9.90 Å². The molecule has 1 fully saturated rings. The van der Waals surface area contributed by atoms with Gasteiger partial charge in [-0.3, -0.25) is 4.79 Å². The molecule has 2 rings (SSSR count). The van der Waals surface area contributed by atoms with Crippen molar-refractivity contribution in [2.75, 3.05) is 13.1 Å². The van der Waals surface area contributed by atoms with Crippen molar-refractivity contribution in [3.05, 3.63) is 18.7 Å². The van der Waals surface area contributed by atoms with Gasteiger partial charge in [-0.25, -0.2) is 4.98 Å². The summed E-state index contributed by atoms with van der Waals surface area (Å²) < 4.78 is 1.96. The normalized spacial score (nSPS) is 16.5. The molecule has 0 unspecified atom stereocenters. The summed E-state index contributed by atoms with van der Waals surface area (Å²) in [5.41, 5.74) is 0. The van der Waals surface area contributed by atoms with E-state index < -0.39 is 0 Å². The predicted octanol–water partition coefficient (Wildman–Crippen LogP) is -0.134. The summed E-state index contributed by atoms with van der Waals surface area (Å²) in [6.45, 7) is 1.83. The lowest BCUT2D eigenvalue weighted by Crippen LogP contribution is -2.53. The van der Waals surface area contributed by atoms with E-state index in [1.807, 2.05) is 10.8 Å². The van der Waals surface area contributed by atoms with Crippen molar-refractivity contribution in [1.29, 1.82) is 0 Å². The molecule has 1 aliphatic rings. The van der Waals surface area contributed by atoms with Gasteiger partial charge in [-0.2, -0.15) is 0 Å². The fourth-order valence-corrected chi connectivity index (χ4v) is 1.65. The molecule has 1 amide bonds. The lowest BCUT2D eigenvalue weighted by molar-refractivity contribution is -0.141. The van der Waals surface area contributed by atoms with Crippen molar-refractivity contribution >= 4 is 5.91 Å². The lowest BCUT2D eigenvalue weighted by atomic mass is 10.1. The van der Waals surface area contributed by atoms with Crippen LogP contribution in [0.5, 0.6) is 0 Å². The number of hydrogen-bond donors (Lipinski definition) is 1. The number of rotatable bonds is 4. The molecule has 0 spiro atoms. The van der Waals surface area contributed by atoms with Crippen LogP contribution in [0.3, 0.4) is 0 Å². The third-order valence-corrected chi connectivity index (χ3v) is 2.58. The zero-order valence-electron chi connectivity index (χ0n) is 8.54. The Balaban J connectivity index is 1.64. The number of nitrogens with zero attached hydrogens (tertiary/aromatic N) is 3. The molecular weight excluding hydrogens is 194 g/mol. The summed E-state index contributed by atoms with van der Waals surface area (Å²) in [5.74, 6) is 0.139. The standard InChI is InChI=1S/C10H15N3O2/c14-9-6-13(7-9)10(15)2-1-4-12-5-3-11-8-12/h3,5,8-9,14H,1-2,4,6-7H2. The van der Waals surface area contributed by atoms with Gasteiger partial charge in [0.2, 0.25) is 5.91 Å². The maximum Gasteiger partial charge on any atom is 0.222 e. The molecule has 1 aromatic rings. The van der Waals surface area contributed by atoms with Crippen LogP contribution in [-0.4, -0.2) is 44.7 Å². The van der Waals surface area contributed by atoms with Gasteiger partial charge in [0.25, 0.3) is 0 Å². The Bertz CT molecular complexity index is 317. The largest absolute Gasteiger partial charge is 0.389 e. The number of aromatic nitrogens is 2. The van der Waals surface area contributed by atoms with Crippen LogP contribution in [-0.2, 0) is 11.3 Å². The molecular formula is C10H15N3O2. The van der Waals surface area contributed by atoms with Crippen LogP contribution in [0.15, 0.2) is 18.7 Å². The summed E-state index contributed by atoms with van der Waals surface area (Å²) >= 11 is 0. The van der Waals surface area contributed by atoms with Crippen LogP contribution < -0.4 is 0 Å². The van der Waals surface area contributed by atoms with E-state index in [-0.39, 0.29) is 12.0 Å². The molecule has 0 atom stereocenters. The van der Waals surface area contributed by atoms with Gasteiger partial charge in [0.05, 0.1) is 12.4 Å². The minimum absolute atomic E-state index is 0.139. The first-order chi connectivity index (χ1) is 7.25. The smallest absolute Gasteiger partial charge is 0.222 e. The molecule has 1 aromatic heterocycles. The average molecular weight is 209 g/mol. The zero-order valence-corrected chi connectivity index (χ0v) is 8.54. The number of aliphatic hydroxyl groups is 1. The highest BCUT2D eigenvalue weighted by atomic mass is 16.3. The number of imidazole rings is 1. The van der Waals surface area contributed by atoms with Gasteiger partial charge in [-0.05, 0) is 6.42 Å². The molecule has 0 radical (unpaired) electrons. The first-order valence-electron chi connectivity index (χ1n) is 5.17. The van der Waals surface area contributed by atoms with Crippen molar-refractivity contribution in [1.82, 2.24) is 14.5 Å². The number of likely N-dealkylation sites (tertiary alicyclic amines) is 1. The highest BCUT2D eigenvalue weighted by molar-refractivity contribution is 5.77. The van der Waals surface area contributed by atoms with E-state index in [0.717, 1.165) is 13.0 Å². The van der Waals surface area contributed by atoms with Crippen LogP contribution in [0.25, 0.3) is 0 Å². The molecule has 1 N–H and O–H groups in total. The molecule has 0 saturated carbocycles. The zero-order chi connectivity index (χ0) is 10.7. The van der Waals surface area contributed by atoms with Crippen molar-refractivity contribution in [2.24, 2.45) is 0 Å². The third-order valence-electron chi connectivity index (χ3n) is 2.58. The minimum Gasteiger partial charge on any atom is -0.389 e. The third kappa shape index (κ3) is 2.56. The summed E-state index contributed by atoms with van der Waals surface area (Å²) in [6.07, 6.45) is 6.43. The number of carbonyl (C=O) groups is 1. The monoisotopic (exact) mass is 209 g/mol. The van der Waals surface area contributed by atoms with E-state index in [0.29, 0.717) is 19.5 Å². The Morgan fingerprint density at radius 2 is 2.33 bits per heavy atom. The Hall–Kier alpha value is -1.36. The van der Waals surface area contributed by atoms with Crippen LogP contribution in [0.2, 0.25) is 0 Å². The maximum absolute atomic E-state index is 11.5. The molecule has 1 saturated heterocycles. The summed E-state index contributed by atoms with van der Waals surface area (Å²) in [5, 5.41) is 9.04. The average Bonchev–Trinajstić information content (AvgIpc) is 2.65. The molecule has 1 aliphatic heterocycles. The van der Waals surface area contributed by atoms with E-state index in [2.05, 4.69) is 4.98 Å². The van der Waals surface area contributed by atoms with Gasteiger partial charge < -0.3 is 14.6 Å². The molecule has 0 aliphatic carbocycles. The number of aryl methyl sites for hydroxylation is 1. The van der Waals surface area contributed by atoms with Gasteiger partial charge in [-0.1, -0.05) is 0 Å². The molecule has 0 aromatic carbocycles. The van der Waals surface area contributed by atoms with Crippen LogP contribution in [0.4, 0.5) is 0 Å². The predicted molar refractivity (Wildman–Crippen MR) is 54.0 cm³/mol. The number of β-amino-alcohol motifs (C(OH)–C–C–N with tert-alkyl or cyclic N) is 1. The minimum atomic E-state index is -0.303. The quantitative estimate of drug-likeness (QED) is 0.751. The Morgan fingerprint density at radius 3 is 2.93 bits per heavy atom. The summed E-state index contributed by atoms with van der Waals surface area (Å²) in [6, 6.07) is 0. The van der Waals surface area contributed by atoms with E-state index >= 15 is 0 Å². The van der Waals surface area contributed by atoms with E-state index in [1.54, 1.807) is 17.4 Å². The molecule has 5 nitrogen and oxygen atoms in total. The van der Waals surface area contributed by atoms with Crippen LogP contribution in [0, 0.1) is 0 Å². The number of aliphatic hydroxyl groups excluding tert-OH is 1. The second-order valence-electron chi connectivity index (χ2n) is 3.86. The van der Waals surface area contributed by atoms with Gasteiger partial charge in [-0.15, -0.1) is 0 Å². The molecule has 2 heterocycles. The van der Waals surface area contributed by atoms with Gasteiger partial charge in [0.15, 0.2) is 0 Å². The van der Waals surface area contributed by atoms with Crippen LogP contribution in [0.1, 0.15) is 12.8 Å². The first kappa shape index (κ1) is 10.2. The van der Waals surface area contributed by atoms with Crippen molar-refractivity contribution in [3.63, 3.8) is 0 Å². The molecule has 5 heteroatoms. The number of carbonyl (C=O) groups excluding carboxylic acids is 1. The van der Waals surface area contributed by atoms with Gasteiger partial charge in [0, 0.05) is 38.4 Å². The van der Waals surface area contributed by atoms with E-state index in [4.69, 9.17) is 5.11 Å². The van der Waals surface area contributed by atoms with Crippen LogP contribution >= 0.6 is 0 Å². The maximum atomic E-state index is 11.5. The summed E-state index contributed by atoms with van der Waals surface area (Å²) in [4.78, 5) is 17.1. The Morgan fingerprint density at radius 1 is 1.53 bits per heavy atom. The highest BCUT2D eigenvalue weighted by Crippen LogP contribution is 2.10. The van der Waals surface area contributed by atoms with Crippen molar-refractivity contribution in [2.45, 2.75) is 25.5 Å². The number of hydrogen-bond acceptors (Lipinski definition) is 3. The fraction of sp³-hybridized carbons (Fsp3) is 0.600. The first-order valence-corrected chi connectivity index (χ1v) is 5.17. The van der Waals surface area contributed by atoms with Gasteiger partial charge in [0.1, 0.15) is 0 Å². The highest BCUT2D eigenvalue weighted by Gasteiger charge is 2.27. The number of amides is 1. The van der Waals surface area contributed by atoms with E-state index in [9.17, 15) is 4.79 Å². The Kier molecular flexibility index (Phi) is 3.01. The van der Waals surface area contributed by atoms with Gasteiger partial charge >= 0.3 is 0 Å². The molecule has 15 heavy (non-hydrogen) atoms. The van der Waals surface area contributed by atoms with Crippen molar-refractivity contribution in [3.8, 4) is 0 Å². The molecule has 0 bridgehead atoms. The second-order valence-corrected chi connectivity index (χ2v) is 3.86. The fourth-order valence-electron chi connectivity index (χ4n) is 1.65.